The van der Waals surface area contributed by atoms with Gasteiger partial charge in [0.25, 0.3) is 5.91 Å². The summed E-state index contributed by atoms with van der Waals surface area (Å²) in [5.74, 6) is 0.0199. The summed E-state index contributed by atoms with van der Waals surface area (Å²) in [6, 6.07) is 4.13. The molecule has 92 valence electrons. The molecule has 3 rings (SSSR count). The van der Waals surface area contributed by atoms with Crippen LogP contribution in [0.5, 0.6) is 0 Å². The molecule has 2 N–H and O–H groups in total. The average molecular weight is 240 g/mol. The highest BCUT2D eigenvalue weighted by atomic mass is 16.1. The summed E-state index contributed by atoms with van der Waals surface area (Å²) < 4.78 is 0. The zero-order valence-corrected chi connectivity index (χ0v) is 10.4. The van der Waals surface area contributed by atoms with E-state index in [1.54, 1.807) is 0 Å². The molecular formula is C15H16N2O. The van der Waals surface area contributed by atoms with Crippen molar-refractivity contribution in [2.75, 3.05) is 13.1 Å². The number of fused-ring (bicyclic) bond motifs is 2. The van der Waals surface area contributed by atoms with Crippen LogP contribution < -0.4 is 10.6 Å². The second-order valence-corrected chi connectivity index (χ2v) is 4.84. The van der Waals surface area contributed by atoms with Gasteiger partial charge in [-0.05, 0) is 35.7 Å². The number of hydrogen-bond donors (Lipinski definition) is 2. The third-order valence-electron chi connectivity index (χ3n) is 3.36. The van der Waals surface area contributed by atoms with Crippen LogP contribution in [0.15, 0.2) is 23.8 Å². The highest BCUT2D eigenvalue weighted by Crippen LogP contribution is 2.23. The quantitative estimate of drug-likeness (QED) is 0.727. The van der Waals surface area contributed by atoms with Crippen LogP contribution in [0.4, 0.5) is 0 Å². The summed E-state index contributed by atoms with van der Waals surface area (Å²) >= 11 is 0. The first kappa shape index (κ1) is 11.2. The molecule has 0 bridgehead atoms. The zero-order valence-electron chi connectivity index (χ0n) is 10.4. The van der Waals surface area contributed by atoms with Crippen molar-refractivity contribution in [2.24, 2.45) is 0 Å². The van der Waals surface area contributed by atoms with Gasteiger partial charge in [0, 0.05) is 25.2 Å². The SMILES string of the molecule is CC1=Cc2cc3c(cc2C(=O)NC1)C=CCNC3. The maximum atomic E-state index is 12.0. The summed E-state index contributed by atoms with van der Waals surface area (Å²) in [5, 5.41) is 6.27. The van der Waals surface area contributed by atoms with E-state index in [1.807, 2.05) is 13.0 Å². The molecule has 2 aliphatic rings. The van der Waals surface area contributed by atoms with E-state index in [0.717, 1.165) is 29.8 Å². The van der Waals surface area contributed by atoms with Gasteiger partial charge in [-0.2, -0.15) is 0 Å². The van der Waals surface area contributed by atoms with Crippen molar-refractivity contribution in [2.45, 2.75) is 13.5 Å². The lowest BCUT2D eigenvalue weighted by Crippen LogP contribution is -2.24. The third kappa shape index (κ3) is 1.97. The molecule has 0 saturated carbocycles. The fraction of sp³-hybridized carbons (Fsp3) is 0.267. The second-order valence-electron chi connectivity index (χ2n) is 4.84. The fourth-order valence-corrected chi connectivity index (χ4v) is 2.41. The first-order valence-corrected chi connectivity index (χ1v) is 6.23. The van der Waals surface area contributed by atoms with Crippen LogP contribution in [0.2, 0.25) is 0 Å². The van der Waals surface area contributed by atoms with E-state index < -0.39 is 0 Å². The molecule has 2 heterocycles. The largest absolute Gasteiger partial charge is 0.348 e. The van der Waals surface area contributed by atoms with Gasteiger partial charge in [0.05, 0.1) is 0 Å². The van der Waals surface area contributed by atoms with Gasteiger partial charge in [0.2, 0.25) is 0 Å². The first-order valence-electron chi connectivity index (χ1n) is 6.23. The van der Waals surface area contributed by atoms with Gasteiger partial charge in [0.1, 0.15) is 0 Å². The minimum absolute atomic E-state index is 0.0199. The molecule has 0 aromatic heterocycles. The number of benzene rings is 1. The molecule has 3 nitrogen and oxygen atoms in total. The lowest BCUT2D eigenvalue weighted by Gasteiger charge is -2.10. The number of amides is 1. The van der Waals surface area contributed by atoms with Gasteiger partial charge in [-0.3, -0.25) is 4.79 Å². The maximum absolute atomic E-state index is 12.0. The van der Waals surface area contributed by atoms with Crippen molar-refractivity contribution >= 4 is 18.1 Å². The van der Waals surface area contributed by atoms with Crippen LogP contribution >= 0.6 is 0 Å². The first-order chi connectivity index (χ1) is 8.74. The Morgan fingerprint density at radius 1 is 1.17 bits per heavy atom. The van der Waals surface area contributed by atoms with Gasteiger partial charge in [-0.25, -0.2) is 0 Å². The second kappa shape index (κ2) is 4.42. The van der Waals surface area contributed by atoms with Crippen LogP contribution in [0.1, 0.15) is 34.0 Å². The number of carbonyl (C=O) groups excluding carboxylic acids is 1. The molecule has 1 amide bonds. The molecule has 0 aliphatic carbocycles. The molecule has 0 fully saturated rings. The Morgan fingerprint density at radius 2 is 2.06 bits per heavy atom. The Hall–Kier alpha value is -1.87. The lowest BCUT2D eigenvalue weighted by molar-refractivity contribution is 0.0957. The van der Waals surface area contributed by atoms with Crippen molar-refractivity contribution in [3.63, 3.8) is 0 Å². The van der Waals surface area contributed by atoms with Gasteiger partial charge in [0.15, 0.2) is 0 Å². The minimum atomic E-state index is 0.0199. The van der Waals surface area contributed by atoms with Gasteiger partial charge in [-0.1, -0.05) is 23.8 Å². The van der Waals surface area contributed by atoms with Crippen molar-refractivity contribution < 1.29 is 4.79 Å². The summed E-state index contributed by atoms with van der Waals surface area (Å²) in [7, 11) is 0. The van der Waals surface area contributed by atoms with Crippen molar-refractivity contribution in [1.82, 2.24) is 10.6 Å². The van der Waals surface area contributed by atoms with Crippen molar-refractivity contribution in [1.29, 1.82) is 0 Å². The van der Waals surface area contributed by atoms with Crippen molar-refractivity contribution in [3.05, 3.63) is 46.0 Å². The normalized spacial score (nSPS) is 18.1. The van der Waals surface area contributed by atoms with Crippen molar-refractivity contribution in [3.8, 4) is 0 Å². The Balaban J connectivity index is 2.18. The highest BCUT2D eigenvalue weighted by molar-refractivity contribution is 5.99. The number of nitrogens with one attached hydrogen (secondary N) is 2. The molecule has 1 aromatic carbocycles. The average Bonchev–Trinajstić information content (AvgIpc) is 2.65. The van der Waals surface area contributed by atoms with E-state index in [4.69, 9.17) is 0 Å². The molecule has 1 aromatic rings. The molecule has 0 radical (unpaired) electrons. The standard InChI is InChI=1S/C15H16N2O/c1-10-5-12-6-13-9-16-4-2-3-11(13)7-14(12)15(18)17-8-10/h2-3,5-7,16H,4,8-9H2,1H3,(H,17,18). The predicted octanol–water partition coefficient (Wildman–Crippen LogP) is 1.95. The highest BCUT2D eigenvalue weighted by Gasteiger charge is 2.16. The van der Waals surface area contributed by atoms with E-state index in [0.29, 0.717) is 6.54 Å². The van der Waals surface area contributed by atoms with Crippen LogP contribution in [0, 0.1) is 0 Å². The summed E-state index contributed by atoms with van der Waals surface area (Å²) in [6.07, 6.45) is 6.28. The van der Waals surface area contributed by atoms with Crippen LogP contribution in [-0.4, -0.2) is 19.0 Å². The summed E-state index contributed by atoms with van der Waals surface area (Å²) in [5.41, 5.74) is 5.37. The zero-order chi connectivity index (χ0) is 12.5. The van der Waals surface area contributed by atoms with E-state index in [9.17, 15) is 4.79 Å². The molecular weight excluding hydrogens is 224 g/mol. The molecule has 3 heteroatoms. The van der Waals surface area contributed by atoms with Crippen LogP contribution in [0.25, 0.3) is 12.2 Å². The minimum Gasteiger partial charge on any atom is -0.348 e. The molecule has 18 heavy (non-hydrogen) atoms. The van der Waals surface area contributed by atoms with E-state index in [2.05, 4.69) is 34.9 Å². The van der Waals surface area contributed by atoms with E-state index >= 15 is 0 Å². The lowest BCUT2D eigenvalue weighted by atomic mass is 9.97. The van der Waals surface area contributed by atoms with Gasteiger partial charge in [-0.15, -0.1) is 0 Å². The predicted molar refractivity (Wildman–Crippen MR) is 73.2 cm³/mol. The molecule has 0 saturated heterocycles. The van der Waals surface area contributed by atoms with E-state index in [-0.39, 0.29) is 5.91 Å². The number of rotatable bonds is 0. The molecule has 0 atom stereocenters. The maximum Gasteiger partial charge on any atom is 0.252 e. The number of hydrogen-bond acceptors (Lipinski definition) is 2. The van der Waals surface area contributed by atoms with Gasteiger partial charge >= 0.3 is 0 Å². The summed E-state index contributed by atoms with van der Waals surface area (Å²) in [4.78, 5) is 12.0. The third-order valence-corrected chi connectivity index (χ3v) is 3.36. The smallest absolute Gasteiger partial charge is 0.252 e. The molecule has 0 unspecified atom stereocenters. The Morgan fingerprint density at radius 3 is 2.94 bits per heavy atom. The topological polar surface area (TPSA) is 41.1 Å². The van der Waals surface area contributed by atoms with Crippen LogP contribution in [-0.2, 0) is 6.54 Å². The van der Waals surface area contributed by atoms with Crippen LogP contribution in [0.3, 0.4) is 0 Å². The molecule has 2 aliphatic heterocycles. The Bertz CT molecular complexity index is 570. The summed E-state index contributed by atoms with van der Waals surface area (Å²) in [6.45, 7) is 4.40. The van der Waals surface area contributed by atoms with Gasteiger partial charge < -0.3 is 10.6 Å². The molecule has 0 spiro atoms. The van der Waals surface area contributed by atoms with E-state index in [1.165, 1.54) is 11.1 Å². The monoisotopic (exact) mass is 240 g/mol. The number of carbonyl (C=O) groups is 1. The Kier molecular flexibility index (Phi) is 2.76. The Labute approximate surface area is 107 Å². The fourth-order valence-electron chi connectivity index (χ4n) is 2.41.